The van der Waals surface area contributed by atoms with Gasteiger partial charge < -0.3 is 34.5 Å². The second-order valence-electron chi connectivity index (χ2n) is 8.66. The zero-order valence-corrected chi connectivity index (χ0v) is 20.5. The number of carbonyl (C=O) groups is 3. The molecule has 3 amide bonds. The average Bonchev–Trinajstić information content (AvgIpc) is 3.39. The quantitative estimate of drug-likeness (QED) is 0.508. The third-order valence-corrected chi connectivity index (χ3v) is 6.42. The number of ether oxygens (including phenoxy) is 4. The molecule has 4 rings (SSSR count). The van der Waals surface area contributed by atoms with Gasteiger partial charge in [0.1, 0.15) is 11.8 Å². The van der Waals surface area contributed by atoms with Crippen LogP contribution in [0.2, 0.25) is 0 Å². The van der Waals surface area contributed by atoms with Crippen molar-refractivity contribution in [1.82, 2.24) is 15.5 Å². The van der Waals surface area contributed by atoms with Crippen molar-refractivity contribution >= 4 is 17.7 Å². The molecule has 0 aromatic heterocycles. The summed E-state index contributed by atoms with van der Waals surface area (Å²) in [5.74, 6) is 0.808. The number of carbonyl (C=O) groups excluding carboxylic acids is 3. The van der Waals surface area contributed by atoms with Gasteiger partial charge in [-0.05, 0) is 55.2 Å². The van der Waals surface area contributed by atoms with Crippen molar-refractivity contribution in [3.05, 3.63) is 53.6 Å². The summed E-state index contributed by atoms with van der Waals surface area (Å²) in [6.45, 7) is 1.75. The number of fused-ring (bicyclic) bond motifs is 1. The number of piperidine rings is 1. The van der Waals surface area contributed by atoms with E-state index in [2.05, 4.69) is 10.6 Å². The Bertz CT molecular complexity index is 1100. The summed E-state index contributed by atoms with van der Waals surface area (Å²) < 4.78 is 20.9. The van der Waals surface area contributed by atoms with Crippen LogP contribution in [-0.2, 0) is 9.53 Å². The lowest BCUT2D eigenvalue weighted by molar-refractivity contribution is -0.124. The van der Waals surface area contributed by atoms with Crippen LogP contribution in [0.15, 0.2) is 42.5 Å². The van der Waals surface area contributed by atoms with Gasteiger partial charge in [0.05, 0.1) is 13.7 Å². The van der Waals surface area contributed by atoms with E-state index in [1.807, 2.05) is 0 Å². The normalized spacial score (nSPS) is 15.8. The molecule has 2 N–H and O–H groups in total. The van der Waals surface area contributed by atoms with Crippen LogP contribution in [0.1, 0.15) is 33.6 Å². The van der Waals surface area contributed by atoms with E-state index in [1.54, 1.807) is 61.6 Å². The van der Waals surface area contributed by atoms with Crippen LogP contribution in [0.4, 0.5) is 0 Å². The summed E-state index contributed by atoms with van der Waals surface area (Å²) in [5, 5.41) is 5.74. The number of hydrogen-bond donors (Lipinski definition) is 2. The fraction of sp³-hybridized carbons (Fsp3) is 0.423. The summed E-state index contributed by atoms with van der Waals surface area (Å²) in [6.07, 6.45) is 1.14. The molecular weight excluding hydrogens is 466 g/mol. The first-order valence-electron chi connectivity index (χ1n) is 11.9. The van der Waals surface area contributed by atoms with Gasteiger partial charge in [0.25, 0.3) is 11.8 Å². The number of amides is 3. The van der Waals surface area contributed by atoms with Gasteiger partial charge in [0, 0.05) is 37.9 Å². The predicted octanol–water partition coefficient (Wildman–Crippen LogP) is 1.84. The van der Waals surface area contributed by atoms with E-state index in [4.69, 9.17) is 18.9 Å². The SMILES string of the molecule is COCCNC(=O)[C@H](NC(=O)c1ccc2c(c1)OCO2)C1CCN(C(=O)c2cccc(OC)c2)CC1. The number of hydrogen-bond acceptors (Lipinski definition) is 7. The standard InChI is InChI=1S/C26H31N3O7/c1-33-13-10-27-25(31)23(28-24(30)18-6-7-21-22(15-18)36-16-35-21)17-8-11-29(12-9-17)26(32)19-4-3-5-20(14-19)34-2/h3-7,14-15,17,23H,8-13,16H2,1-2H3,(H,27,31)(H,28,30)/t23-/m1/s1. The molecule has 0 radical (unpaired) electrons. The van der Waals surface area contributed by atoms with Crippen LogP contribution in [-0.4, -0.2) is 75.9 Å². The first kappa shape index (κ1) is 25.3. The van der Waals surface area contributed by atoms with Crippen molar-refractivity contribution in [2.75, 3.05) is 47.3 Å². The number of methoxy groups -OCH3 is 2. The van der Waals surface area contributed by atoms with Crippen molar-refractivity contribution in [3.8, 4) is 17.2 Å². The molecule has 2 heterocycles. The highest BCUT2D eigenvalue weighted by Crippen LogP contribution is 2.32. The zero-order chi connectivity index (χ0) is 25.5. The highest BCUT2D eigenvalue weighted by Gasteiger charge is 2.34. The summed E-state index contributed by atoms with van der Waals surface area (Å²) in [5.41, 5.74) is 0.928. The van der Waals surface area contributed by atoms with Crippen LogP contribution >= 0.6 is 0 Å². The topological polar surface area (TPSA) is 115 Å². The summed E-state index contributed by atoms with van der Waals surface area (Å²) >= 11 is 0. The van der Waals surface area contributed by atoms with Gasteiger partial charge in [-0.3, -0.25) is 14.4 Å². The molecule has 10 heteroatoms. The van der Waals surface area contributed by atoms with Gasteiger partial charge in [-0.1, -0.05) is 6.07 Å². The minimum Gasteiger partial charge on any atom is -0.497 e. The molecular formula is C26H31N3O7. The van der Waals surface area contributed by atoms with E-state index in [9.17, 15) is 14.4 Å². The Morgan fingerprint density at radius 2 is 1.81 bits per heavy atom. The second kappa shape index (κ2) is 11.8. The predicted molar refractivity (Wildman–Crippen MR) is 130 cm³/mol. The number of benzene rings is 2. The monoisotopic (exact) mass is 497 g/mol. The van der Waals surface area contributed by atoms with Crippen molar-refractivity contribution < 1.29 is 33.3 Å². The summed E-state index contributed by atoms with van der Waals surface area (Å²) in [7, 11) is 3.12. The maximum Gasteiger partial charge on any atom is 0.253 e. The summed E-state index contributed by atoms with van der Waals surface area (Å²) in [6, 6.07) is 11.2. The fourth-order valence-electron chi connectivity index (χ4n) is 4.42. The Morgan fingerprint density at radius 1 is 1.03 bits per heavy atom. The maximum absolute atomic E-state index is 13.1. The Balaban J connectivity index is 1.43. The first-order valence-corrected chi connectivity index (χ1v) is 11.9. The molecule has 0 aliphatic carbocycles. The number of nitrogens with zero attached hydrogens (tertiary/aromatic N) is 1. The molecule has 1 saturated heterocycles. The lowest BCUT2D eigenvalue weighted by Crippen LogP contribution is -2.54. The van der Waals surface area contributed by atoms with E-state index in [0.717, 1.165) is 0 Å². The van der Waals surface area contributed by atoms with Crippen molar-refractivity contribution in [3.63, 3.8) is 0 Å². The Hall–Kier alpha value is -3.79. The van der Waals surface area contributed by atoms with Gasteiger partial charge >= 0.3 is 0 Å². The zero-order valence-electron chi connectivity index (χ0n) is 20.5. The van der Waals surface area contributed by atoms with Gasteiger partial charge in [0.15, 0.2) is 11.5 Å². The molecule has 2 aromatic rings. The van der Waals surface area contributed by atoms with Crippen LogP contribution in [0.5, 0.6) is 17.2 Å². The van der Waals surface area contributed by atoms with Gasteiger partial charge in [-0.15, -0.1) is 0 Å². The minimum absolute atomic E-state index is 0.0853. The van der Waals surface area contributed by atoms with E-state index in [0.29, 0.717) is 67.5 Å². The summed E-state index contributed by atoms with van der Waals surface area (Å²) in [4.78, 5) is 40.9. The van der Waals surface area contributed by atoms with Crippen molar-refractivity contribution in [2.24, 2.45) is 5.92 Å². The van der Waals surface area contributed by atoms with Gasteiger partial charge in [0.2, 0.25) is 12.7 Å². The highest BCUT2D eigenvalue weighted by atomic mass is 16.7. The highest BCUT2D eigenvalue weighted by molar-refractivity contribution is 5.98. The molecule has 36 heavy (non-hydrogen) atoms. The smallest absolute Gasteiger partial charge is 0.253 e. The molecule has 2 aliphatic rings. The molecule has 0 bridgehead atoms. The molecule has 2 aliphatic heterocycles. The van der Waals surface area contributed by atoms with Crippen molar-refractivity contribution in [2.45, 2.75) is 18.9 Å². The van der Waals surface area contributed by atoms with Crippen LogP contribution in [0, 0.1) is 5.92 Å². The molecule has 10 nitrogen and oxygen atoms in total. The average molecular weight is 498 g/mol. The van der Waals surface area contributed by atoms with E-state index in [1.165, 1.54) is 0 Å². The van der Waals surface area contributed by atoms with E-state index >= 15 is 0 Å². The van der Waals surface area contributed by atoms with Gasteiger partial charge in [-0.2, -0.15) is 0 Å². The Morgan fingerprint density at radius 3 is 2.56 bits per heavy atom. The molecule has 1 atom stereocenters. The number of rotatable bonds is 9. The third kappa shape index (κ3) is 5.88. The second-order valence-corrected chi connectivity index (χ2v) is 8.66. The molecule has 1 fully saturated rings. The third-order valence-electron chi connectivity index (χ3n) is 6.42. The number of likely N-dealkylation sites (tertiary alicyclic amines) is 1. The number of nitrogens with one attached hydrogen (secondary N) is 2. The van der Waals surface area contributed by atoms with Crippen LogP contribution < -0.4 is 24.8 Å². The van der Waals surface area contributed by atoms with E-state index in [-0.39, 0.29) is 30.4 Å². The van der Waals surface area contributed by atoms with Crippen LogP contribution in [0.3, 0.4) is 0 Å². The Kier molecular flexibility index (Phi) is 8.27. The maximum atomic E-state index is 13.1. The molecule has 2 aromatic carbocycles. The molecule has 0 spiro atoms. The van der Waals surface area contributed by atoms with Crippen LogP contribution in [0.25, 0.3) is 0 Å². The molecule has 192 valence electrons. The lowest BCUT2D eigenvalue weighted by Gasteiger charge is -2.36. The van der Waals surface area contributed by atoms with E-state index < -0.39 is 6.04 Å². The largest absolute Gasteiger partial charge is 0.497 e. The van der Waals surface area contributed by atoms with Gasteiger partial charge in [-0.25, -0.2) is 0 Å². The molecule has 0 unspecified atom stereocenters. The molecule has 0 saturated carbocycles. The lowest BCUT2D eigenvalue weighted by atomic mass is 9.88. The minimum atomic E-state index is -0.756. The first-order chi connectivity index (χ1) is 17.5. The fourth-order valence-corrected chi connectivity index (χ4v) is 4.42. The Labute approximate surface area is 209 Å². The van der Waals surface area contributed by atoms with Crippen molar-refractivity contribution in [1.29, 1.82) is 0 Å².